The summed E-state index contributed by atoms with van der Waals surface area (Å²) < 4.78 is 10.5. The highest BCUT2D eigenvalue weighted by Crippen LogP contribution is 2.50. The van der Waals surface area contributed by atoms with E-state index in [-0.39, 0.29) is 5.97 Å². The van der Waals surface area contributed by atoms with Crippen LogP contribution in [0.2, 0.25) is 0 Å². The van der Waals surface area contributed by atoms with Gasteiger partial charge < -0.3 is 14.2 Å². The van der Waals surface area contributed by atoms with E-state index in [0.29, 0.717) is 24.3 Å². The molecule has 0 unspecified atom stereocenters. The molecule has 1 aromatic heterocycles. The Hall–Kier alpha value is -2.37. The van der Waals surface area contributed by atoms with Gasteiger partial charge >= 0.3 is 5.97 Å². The largest absolute Gasteiger partial charge is 0.469 e. The van der Waals surface area contributed by atoms with Crippen LogP contribution in [-0.2, 0) is 9.53 Å². The van der Waals surface area contributed by atoms with Crippen molar-refractivity contribution in [1.82, 2.24) is 10.1 Å². The van der Waals surface area contributed by atoms with Crippen molar-refractivity contribution >= 4 is 11.9 Å². The third-order valence-electron chi connectivity index (χ3n) is 5.18. The van der Waals surface area contributed by atoms with E-state index in [4.69, 9.17) is 9.26 Å². The monoisotopic (exact) mass is 313 g/mol. The molecule has 23 heavy (non-hydrogen) atoms. The van der Waals surface area contributed by atoms with Crippen molar-refractivity contribution in [1.29, 1.82) is 0 Å². The van der Waals surface area contributed by atoms with Crippen LogP contribution in [0.5, 0.6) is 0 Å². The second kappa shape index (κ2) is 5.37. The highest BCUT2D eigenvalue weighted by Gasteiger charge is 2.56. The van der Waals surface area contributed by atoms with Crippen molar-refractivity contribution in [3.63, 3.8) is 0 Å². The van der Waals surface area contributed by atoms with Gasteiger partial charge in [0.2, 0.25) is 0 Å². The van der Waals surface area contributed by atoms with Crippen LogP contribution in [0.4, 0.5) is 5.95 Å². The number of carbonyl (C=O) groups is 1. The Labute approximate surface area is 134 Å². The molecule has 0 spiro atoms. The summed E-state index contributed by atoms with van der Waals surface area (Å²) >= 11 is 0. The number of aromatic nitrogens is 2. The summed E-state index contributed by atoms with van der Waals surface area (Å²) in [5, 5.41) is 4.11. The minimum Gasteiger partial charge on any atom is -0.469 e. The summed E-state index contributed by atoms with van der Waals surface area (Å²) in [5.74, 6) is 1.27. The summed E-state index contributed by atoms with van der Waals surface area (Å²) in [7, 11) is 1.47. The van der Waals surface area contributed by atoms with Crippen LogP contribution >= 0.6 is 0 Å². The van der Waals surface area contributed by atoms with Gasteiger partial charge in [-0.25, -0.2) is 0 Å². The first-order chi connectivity index (χ1) is 11.2. The molecule has 4 rings (SSSR count). The van der Waals surface area contributed by atoms with Gasteiger partial charge in [-0.1, -0.05) is 24.6 Å². The highest BCUT2D eigenvalue weighted by molar-refractivity contribution is 5.79. The third-order valence-corrected chi connectivity index (χ3v) is 5.18. The number of rotatable bonds is 3. The Morgan fingerprint density at radius 2 is 2.22 bits per heavy atom. The molecule has 2 aromatic rings. The molecule has 1 aliphatic carbocycles. The van der Waals surface area contributed by atoms with E-state index in [9.17, 15) is 4.79 Å². The molecule has 1 saturated carbocycles. The van der Waals surface area contributed by atoms with E-state index in [0.717, 1.165) is 31.4 Å². The standard InChI is InChI=1S/C17H19N3O3/c1-22-15(21)17-9-5-8-13(17)10-20(11-17)16-18-14(23-19-16)12-6-3-2-4-7-12/h2-4,6-7,13H,5,8-11H2,1H3/t13-,17-/m1/s1. The predicted octanol–water partition coefficient (Wildman–Crippen LogP) is 2.52. The summed E-state index contributed by atoms with van der Waals surface area (Å²) in [6.45, 7) is 1.39. The van der Waals surface area contributed by atoms with Gasteiger partial charge in [-0.2, -0.15) is 4.98 Å². The number of fused-ring (bicyclic) bond motifs is 1. The van der Waals surface area contributed by atoms with Gasteiger partial charge in [0.05, 0.1) is 12.5 Å². The van der Waals surface area contributed by atoms with Crippen molar-refractivity contribution in [3.05, 3.63) is 30.3 Å². The third kappa shape index (κ3) is 2.20. The SMILES string of the molecule is COC(=O)[C@@]12CCC[C@@H]1CN(c1noc(-c3ccccc3)n1)C2. The van der Waals surface area contributed by atoms with Crippen molar-refractivity contribution in [2.45, 2.75) is 19.3 Å². The van der Waals surface area contributed by atoms with Crippen LogP contribution in [0.1, 0.15) is 19.3 Å². The number of esters is 1. The second-order valence-corrected chi connectivity index (χ2v) is 6.38. The van der Waals surface area contributed by atoms with E-state index in [1.165, 1.54) is 7.11 Å². The van der Waals surface area contributed by atoms with E-state index in [1.54, 1.807) is 0 Å². The average molecular weight is 313 g/mol. The molecule has 1 aliphatic heterocycles. The number of hydrogen-bond acceptors (Lipinski definition) is 6. The molecule has 6 nitrogen and oxygen atoms in total. The number of benzene rings is 1. The molecule has 1 aromatic carbocycles. The van der Waals surface area contributed by atoms with Crippen molar-refractivity contribution < 1.29 is 14.1 Å². The zero-order chi connectivity index (χ0) is 15.9. The lowest BCUT2D eigenvalue weighted by atomic mass is 9.81. The molecular formula is C17H19N3O3. The van der Waals surface area contributed by atoms with Crippen LogP contribution in [0.25, 0.3) is 11.5 Å². The second-order valence-electron chi connectivity index (χ2n) is 6.38. The van der Waals surface area contributed by atoms with E-state index >= 15 is 0 Å². The Morgan fingerprint density at radius 3 is 3.00 bits per heavy atom. The first-order valence-electron chi connectivity index (χ1n) is 7.95. The fraction of sp³-hybridized carbons (Fsp3) is 0.471. The molecule has 1 saturated heterocycles. The fourth-order valence-corrected chi connectivity index (χ4v) is 4.02. The summed E-state index contributed by atoms with van der Waals surface area (Å²) in [5.41, 5.74) is 0.496. The molecule has 2 heterocycles. The van der Waals surface area contributed by atoms with Crippen LogP contribution in [-0.4, -0.2) is 36.3 Å². The Morgan fingerprint density at radius 1 is 1.39 bits per heavy atom. The normalized spacial score (nSPS) is 26.3. The zero-order valence-electron chi connectivity index (χ0n) is 13.1. The molecule has 2 atom stereocenters. The maximum Gasteiger partial charge on any atom is 0.313 e. The van der Waals surface area contributed by atoms with Gasteiger partial charge in [0.1, 0.15) is 0 Å². The van der Waals surface area contributed by atoms with E-state index in [2.05, 4.69) is 15.0 Å². The first kappa shape index (κ1) is 14.2. The van der Waals surface area contributed by atoms with Gasteiger partial charge in [-0.3, -0.25) is 4.79 Å². The molecule has 0 amide bonds. The molecule has 2 aliphatic rings. The average Bonchev–Trinajstić information content (AvgIpc) is 3.28. The van der Waals surface area contributed by atoms with Gasteiger partial charge in [0.25, 0.3) is 11.8 Å². The lowest BCUT2D eigenvalue weighted by Gasteiger charge is -2.24. The van der Waals surface area contributed by atoms with Crippen LogP contribution in [0.3, 0.4) is 0 Å². The lowest BCUT2D eigenvalue weighted by molar-refractivity contribution is -0.152. The van der Waals surface area contributed by atoms with Crippen molar-refractivity contribution in [3.8, 4) is 11.5 Å². The molecule has 0 radical (unpaired) electrons. The minimum atomic E-state index is -0.401. The Balaban J connectivity index is 1.59. The van der Waals surface area contributed by atoms with Gasteiger partial charge in [0, 0.05) is 18.7 Å². The first-order valence-corrected chi connectivity index (χ1v) is 7.95. The zero-order valence-corrected chi connectivity index (χ0v) is 13.1. The van der Waals surface area contributed by atoms with Gasteiger partial charge in [-0.15, -0.1) is 0 Å². The molecule has 6 heteroatoms. The molecule has 120 valence electrons. The predicted molar refractivity (Wildman–Crippen MR) is 83.7 cm³/mol. The number of methoxy groups -OCH3 is 1. The minimum absolute atomic E-state index is 0.103. The number of anilines is 1. The van der Waals surface area contributed by atoms with E-state index in [1.807, 2.05) is 30.3 Å². The maximum atomic E-state index is 12.3. The van der Waals surface area contributed by atoms with Crippen LogP contribution in [0, 0.1) is 11.3 Å². The van der Waals surface area contributed by atoms with E-state index < -0.39 is 5.41 Å². The lowest BCUT2D eigenvalue weighted by Crippen LogP contribution is -2.37. The Bertz CT molecular complexity index is 715. The van der Waals surface area contributed by atoms with Crippen molar-refractivity contribution in [2.75, 3.05) is 25.1 Å². The number of nitrogens with zero attached hydrogens (tertiary/aromatic N) is 3. The molecule has 0 bridgehead atoms. The maximum absolute atomic E-state index is 12.3. The van der Waals surface area contributed by atoms with Crippen LogP contribution in [0.15, 0.2) is 34.9 Å². The smallest absolute Gasteiger partial charge is 0.313 e. The summed E-state index contributed by atoms with van der Waals surface area (Å²) in [6, 6.07) is 9.69. The summed E-state index contributed by atoms with van der Waals surface area (Å²) in [4.78, 5) is 18.9. The molecule has 2 fully saturated rings. The molecule has 0 N–H and O–H groups in total. The summed E-state index contributed by atoms with van der Waals surface area (Å²) in [6.07, 6.45) is 3.01. The van der Waals surface area contributed by atoms with Crippen molar-refractivity contribution in [2.24, 2.45) is 11.3 Å². The number of carbonyl (C=O) groups excluding carboxylic acids is 1. The fourth-order valence-electron chi connectivity index (χ4n) is 4.02. The van der Waals surface area contributed by atoms with Gasteiger partial charge in [0.15, 0.2) is 0 Å². The quantitative estimate of drug-likeness (QED) is 0.811. The van der Waals surface area contributed by atoms with Gasteiger partial charge in [-0.05, 0) is 36.0 Å². The number of ether oxygens (including phenoxy) is 1. The highest BCUT2D eigenvalue weighted by atomic mass is 16.5. The number of hydrogen-bond donors (Lipinski definition) is 0. The van der Waals surface area contributed by atoms with Crippen LogP contribution < -0.4 is 4.90 Å². The topological polar surface area (TPSA) is 68.5 Å². The Kier molecular flexibility index (Phi) is 3.32. The molecular weight excluding hydrogens is 294 g/mol.